The van der Waals surface area contributed by atoms with E-state index in [1.807, 2.05) is 0 Å². The minimum absolute atomic E-state index is 0.0692. The Balaban J connectivity index is 2.21. The van der Waals surface area contributed by atoms with Gasteiger partial charge in [0.25, 0.3) is 0 Å². The molecule has 1 aromatic heterocycles. The molecule has 1 atom stereocenters. The molecule has 1 fully saturated rings. The summed E-state index contributed by atoms with van der Waals surface area (Å²) in [4.78, 5) is 10.8. The van der Waals surface area contributed by atoms with Crippen LogP contribution in [0.2, 0.25) is 0 Å². The Morgan fingerprint density at radius 3 is 2.89 bits per heavy atom. The number of hydrogen-bond acceptors (Lipinski definition) is 4. The van der Waals surface area contributed by atoms with Crippen molar-refractivity contribution in [3.63, 3.8) is 0 Å². The van der Waals surface area contributed by atoms with E-state index in [0.29, 0.717) is 23.0 Å². The summed E-state index contributed by atoms with van der Waals surface area (Å²) in [7, 11) is 1.75. The van der Waals surface area contributed by atoms with Gasteiger partial charge in [0.05, 0.1) is 12.1 Å². The van der Waals surface area contributed by atoms with Gasteiger partial charge in [-0.05, 0) is 25.7 Å². The van der Waals surface area contributed by atoms with E-state index in [1.54, 1.807) is 18.7 Å². The number of rotatable bonds is 5. The molecule has 1 heterocycles. The Morgan fingerprint density at radius 1 is 1.72 bits per heavy atom. The lowest BCUT2D eigenvalue weighted by Gasteiger charge is -2.17. The molecule has 0 spiro atoms. The van der Waals surface area contributed by atoms with E-state index in [-0.39, 0.29) is 12.5 Å². The number of carboxylic acids is 1. The molecule has 1 aromatic rings. The summed E-state index contributed by atoms with van der Waals surface area (Å²) in [6.45, 7) is 1.77. The second-order valence-corrected chi connectivity index (χ2v) is 4.73. The summed E-state index contributed by atoms with van der Waals surface area (Å²) < 4.78 is 1.60. The van der Waals surface area contributed by atoms with Crippen LogP contribution >= 0.6 is 0 Å². The van der Waals surface area contributed by atoms with Gasteiger partial charge in [0.1, 0.15) is 17.5 Å². The van der Waals surface area contributed by atoms with Crippen LogP contribution in [0.4, 0.5) is 5.82 Å². The zero-order chi connectivity index (χ0) is 13.3. The number of aryl methyl sites for hydroxylation is 2. The number of nitrogens with one attached hydrogen (secondary N) is 1. The lowest BCUT2D eigenvalue weighted by atomic mass is 10.1. The highest BCUT2D eigenvalue weighted by atomic mass is 16.4. The topological polar surface area (TPSA) is 90.9 Å². The van der Waals surface area contributed by atoms with E-state index in [9.17, 15) is 4.79 Å². The third-order valence-electron chi connectivity index (χ3n) is 3.24. The molecule has 0 aliphatic heterocycles. The number of aromatic nitrogens is 2. The van der Waals surface area contributed by atoms with Gasteiger partial charge in [-0.2, -0.15) is 10.4 Å². The second kappa shape index (κ2) is 4.69. The van der Waals surface area contributed by atoms with Crippen LogP contribution < -0.4 is 5.32 Å². The fraction of sp³-hybridized carbons (Fsp3) is 0.583. The van der Waals surface area contributed by atoms with Gasteiger partial charge in [-0.3, -0.25) is 9.48 Å². The third-order valence-corrected chi connectivity index (χ3v) is 3.24. The summed E-state index contributed by atoms with van der Waals surface area (Å²) in [6, 6.07) is 1.99. The fourth-order valence-electron chi connectivity index (χ4n) is 2.16. The molecule has 96 valence electrons. The molecule has 2 N–H and O–H groups in total. The maximum atomic E-state index is 10.8. The molecule has 0 bridgehead atoms. The first kappa shape index (κ1) is 12.4. The minimum Gasteiger partial charge on any atom is -0.481 e. The smallest absolute Gasteiger partial charge is 0.305 e. The van der Waals surface area contributed by atoms with Gasteiger partial charge in [-0.25, -0.2) is 0 Å². The van der Waals surface area contributed by atoms with Gasteiger partial charge in [0.2, 0.25) is 0 Å². The number of carboxylic acid groups (broad SMARTS) is 1. The Kier molecular flexibility index (Phi) is 3.24. The molecule has 0 saturated heterocycles. The van der Waals surface area contributed by atoms with Crippen molar-refractivity contribution >= 4 is 11.8 Å². The zero-order valence-corrected chi connectivity index (χ0v) is 10.5. The predicted molar refractivity (Wildman–Crippen MR) is 65.0 cm³/mol. The molecule has 1 aliphatic carbocycles. The molecule has 0 radical (unpaired) electrons. The van der Waals surface area contributed by atoms with Crippen molar-refractivity contribution in [2.45, 2.75) is 32.2 Å². The van der Waals surface area contributed by atoms with Gasteiger partial charge in [-0.1, -0.05) is 0 Å². The lowest BCUT2D eigenvalue weighted by molar-refractivity contribution is -0.137. The monoisotopic (exact) mass is 248 g/mol. The number of hydrogen-bond donors (Lipinski definition) is 2. The van der Waals surface area contributed by atoms with E-state index < -0.39 is 5.97 Å². The minimum atomic E-state index is -0.822. The fourth-order valence-corrected chi connectivity index (χ4v) is 2.16. The van der Waals surface area contributed by atoms with Crippen molar-refractivity contribution in [1.29, 1.82) is 5.26 Å². The average molecular weight is 248 g/mol. The number of anilines is 1. The Hall–Kier alpha value is -2.03. The van der Waals surface area contributed by atoms with Crippen LogP contribution in [0, 0.1) is 24.2 Å². The van der Waals surface area contributed by atoms with Crippen molar-refractivity contribution < 1.29 is 9.90 Å². The summed E-state index contributed by atoms with van der Waals surface area (Å²) in [6.07, 6.45) is 2.16. The normalized spacial score (nSPS) is 16.1. The number of aliphatic carboxylic acids is 1. The second-order valence-electron chi connectivity index (χ2n) is 4.73. The Bertz CT molecular complexity index is 511. The van der Waals surface area contributed by atoms with Crippen molar-refractivity contribution in [1.82, 2.24) is 9.78 Å². The Labute approximate surface area is 105 Å². The molecule has 18 heavy (non-hydrogen) atoms. The molecular formula is C12H16N4O2. The standard InChI is InChI=1S/C12H16N4O2/c1-7-9(6-13)12(16(2)15-7)14-10(5-11(17)18)8-3-4-8/h8,10,14H,3-5H2,1-2H3,(H,17,18). The van der Waals surface area contributed by atoms with Crippen LogP contribution in [0.15, 0.2) is 0 Å². The highest BCUT2D eigenvalue weighted by Crippen LogP contribution is 2.36. The molecule has 6 heteroatoms. The highest BCUT2D eigenvalue weighted by molar-refractivity contribution is 5.69. The summed E-state index contributed by atoms with van der Waals surface area (Å²) in [5.74, 6) is 0.188. The number of nitriles is 1. The molecular weight excluding hydrogens is 232 g/mol. The van der Waals surface area contributed by atoms with Gasteiger partial charge in [0.15, 0.2) is 0 Å². The van der Waals surface area contributed by atoms with Gasteiger partial charge >= 0.3 is 5.97 Å². The Morgan fingerprint density at radius 2 is 2.39 bits per heavy atom. The first-order valence-corrected chi connectivity index (χ1v) is 5.95. The summed E-state index contributed by atoms with van der Waals surface area (Å²) in [5.41, 5.74) is 1.15. The van der Waals surface area contributed by atoms with Crippen LogP contribution in [0.1, 0.15) is 30.5 Å². The molecule has 1 unspecified atom stereocenters. The first-order valence-electron chi connectivity index (χ1n) is 5.95. The number of carbonyl (C=O) groups is 1. The maximum absolute atomic E-state index is 10.8. The largest absolute Gasteiger partial charge is 0.481 e. The van der Waals surface area contributed by atoms with Crippen molar-refractivity contribution in [2.75, 3.05) is 5.32 Å². The van der Waals surface area contributed by atoms with Gasteiger partial charge < -0.3 is 10.4 Å². The van der Waals surface area contributed by atoms with E-state index >= 15 is 0 Å². The summed E-state index contributed by atoms with van der Waals surface area (Å²) in [5, 5.41) is 25.4. The molecule has 2 rings (SSSR count). The number of nitrogens with zero attached hydrogens (tertiary/aromatic N) is 3. The van der Waals surface area contributed by atoms with Crippen molar-refractivity contribution in [2.24, 2.45) is 13.0 Å². The zero-order valence-electron chi connectivity index (χ0n) is 10.5. The molecule has 1 aliphatic rings. The van der Waals surface area contributed by atoms with Crippen LogP contribution in [-0.4, -0.2) is 26.9 Å². The van der Waals surface area contributed by atoms with Crippen molar-refractivity contribution in [3.8, 4) is 6.07 Å². The van der Waals surface area contributed by atoms with Gasteiger partial charge in [0, 0.05) is 13.1 Å². The average Bonchev–Trinajstić information content (AvgIpc) is 3.06. The third kappa shape index (κ3) is 2.45. The quantitative estimate of drug-likeness (QED) is 0.818. The SMILES string of the molecule is Cc1nn(C)c(NC(CC(=O)O)C2CC2)c1C#N. The van der Waals surface area contributed by atoms with Crippen molar-refractivity contribution in [3.05, 3.63) is 11.3 Å². The van der Waals surface area contributed by atoms with E-state index in [0.717, 1.165) is 12.8 Å². The molecule has 1 saturated carbocycles. The first-order chi connectivity index (χ1) is 8.52. The summed E-state index contributed by atoms with van der Waals surface area (Å²) >= 11 is 0. The van der Waals surface area contributed by atoms with Gasteiger partial charge in [-0.15, -0.1) is 0 Å². The van der Waals surface area contributed by atoms with E-state index in [2.05, 4.69) is 16.5 Å². The van der Waals surface area contributed by atoms with Crippen LogP contribution in [0.3, 0.4) is 0 Å². The highest BCUT2D eigenvalue weighted by Gasteiger charge is 2.33. The lowest BCUT2D eigenvalue weighted by Crippen LogP contribution is -2.26. The van der Waals surface area contributed by atoms with E-state index in [4.69, 9.17) is 10.4 Å². The van der Waals surface area contributed by atoms with Crippen LogP contribution in [0.25, 0.3) is 0 Å². The predicted octanol–water partition coefficient (Wildman–Crippen LogP) is 1.27. The maximum Gasteiger partial charge on any atom is 0.305 e. The molecule has 0 amide bonds. The molecule has 0 aromatic carbocycles. The van der Waals surface area contributed by atoms with Crippen LogP contribution in [0.5, 0.6) is 0 Å². The van der Waals surface area contributed by atoms with Crippen LogP contribution in [-0.2, 0) is 11.8 Å². The molecule has 6 nitrogen and oxygen atoms in total. The van der Waals surface area contributed by atoms with E-state index in [1.165, 1.54) is 0 Å².